The fourth-order valence-electron chi connectivity index (χ4n) is 3.78. The number of alkyl halides is 3. The molecule has 192 valence electrons. The summed E-state index contributed by atoms with van der Waals surface area (Å²) >= 11 is 0. The van der Waals surface area contributed by atoms with Crippen LogP contribution >= 0.6 is 0 Å². The fraction of sp³-hybridized carbons (Fsp3) is 0.222. The molecular weight excluding hydrogens is 493 g/mol. The molecule has 1 aliphatic rings. The van der Waals surface area contributed by atoms with Gasteiger partial charge in [0.2, 0.25) is 5.60 Å². The van der Waals surface area contributed by atoms with Crippen molar-refractivity contribution in [1.29, 1.82) is 0 Å². The maximum atomic E-state index is 14.6. The summed E-state index contributed by atoms with van der Waals surface area (Å²) in [5.41, 5.74) is -3.22. The SMILES string of the molecule is O=C(OC[C@@]1(C(F)(F)F)OC[C@H](OC(=O)c2ccccc2)[C@@H]1OC(=O)c1ccccc1)c1ccccc1. The molecule has 3 aromatic rings. The third-order valence-corrected chi connectivity index (χ3v) is 5.72. The number of hydrogen-bond acceptors (Lipinski definition) is 7. The zero-order chi connectivity index (χ0) is 26.5. The van der Waals surface area contributed by atoms with Crippen LogP contribution in [0.4, 0.5) is 13.2 Å². The minimum absolute atomic E-state index is 0.0164. The molecule has 1 saturated heterocycles. The van der Waals surface area contributed by atoms with E-state index < -0.39 is 55.1 Å². The minimum atomic E-state index is -5.18. The lowest BCUT2D eigenvalue weighted by molar-refractivity contribution is -0.293. The highest BCUT2D eigenvalue weighted by Gasteiger charge is 2.70. The van der Waals surface area contributed by atoms with E-state index in [0.29, 0.717) is 0 Å². The average Bonchev–Trinajstić information content (AvgIpc) is 3.26. The summed E-state index contributed by atoms with van der Waals surface area (Å²) in [4.78, 5) is 37.8. The first-order valence-electron chi connectivity index (χ1n) is 11.2. The van der Waals surface area contributed by atoms with Crippen LogP contribution in [0.25, 0.3) is 0 Å². The summed E-state index contributed by atoms with van der Waals surface area (Å²) in [7, 11) is 0. The van der Waals surface area contributed by atoms with Gasteiger partial charge in [-0.15, -0.1) is 0 Å². The standard InChI is InChI=1S/C27H21F3O7/c28-27(29,30)26(17-34-23(31)18-10-4-1-5-11-18)22(37-25(33)20-14-8-3-9-15-20)21(16-35-26)36-24(32)19-12-6-2-7-13-19/h1-15,21-22H,16-17H2/t21-,22-,26+/m0/s1. The molecule has 0 amide bonds. The summed E-state index contributed by atoms with van der Waals surface area (Å²) in [6, 6.07) is 22.3. The van der Waals surface area contributed by atoms with Gasteiger partial charge in [-0.25, -0.2) is 14.4 Å². The van der Waals surface area contributed by atoms with Crippen molar-refractivity contribution in [1.82, 2.24) is 0 Å². The molecule has 0 unspecified atom stereocenters. The van der Waals surface area contributed by atoms with Gasteiger partial charge in [-0.2, -0.15) is 13.2 Å². The molecule has 0 spiro atoms. The van der Waals surface area contributed by atoms with Crippen LogP contribution in [0.3, 0.4) is 0 Å². The normalized spacial score (nSPS) is 21.2. The molecule has 7 nitrogen and oxygen atoms in total. The van der Waals surface area contributed by atoms with E-state index in [1.54, 1.807) is 30.3 Å². The topological polar surface area (TPSA) is 88.1 Å². The third-order valence-electron chi connectivity index (χ3n) is 5.72. The molecule has 0 aliphatic carbocycles. The quantitative estimate of drug-likeness (QED) is 0.336. The summed E-state index contributed by atoms with van der Waals surface area (Å²) < 4.78 is 64.4. The Bertz CT molecular complexity index is 1230. The molecule has 0 bridgehead atoms. The van der Waals surface area contributed by atoms with E-state index in [1.165, 1.54) is 60.7 Å². The van der Waals surface area contributed by atoms with Gasteiger partial charge in [-0.05, 0) is 36.4 Å². The number of ether oxygens (including phenoxy) is 4. The lowest BCUT2D eigenvalue weighted by Crippen LogP contribution is -2.59. The lowest BCUT2D eigenvalue weighted by atomic mass is 9.95. The van der Waals surface area contributed by atoms with Gasteiger partial charge in [0.1, 0.15) is 6.61 Å². The number of benzene rings is 3. The Morgan fingerprint density at radius 3 is 1.62 bits per heavy atom. The molecule has 1 fully saturated rings. The van der Waals surface area contributed by atoms with Gasteiger partial charge >= 0.3 is 24.1 Å². The molecule has 0 saturated carbocycles. The second-order valence-corrected chi connectivity index (χ2v) is 8.14. The second kappa shape index (κ2) is 10.8. The Morgan fingerprint density at radius 1 is 0.730 bits per heavy atom. The zero-order valence-corrected chi connectivity index (χ0v) is 19.2. The minimum Gasteiger partial charge on any atom is -0.458 e. The van der Waals surface area contributed by atoms with Gasteiger partial charge < -0.3 is 18.9 Å². The molecule has 3 aromatic carbocycles. The first-order chi connectivity index (χ1) is 17.7. The number of rotatable bonds is 7. The second-order valence-electron chi connectivity index (χ2n) is 8.14. The van der Waals surface area contributed by atoms with Crippen molar-refractivity contribution in [3.8, 4) is 0 Å². The van der Waals surface area contributed by atoms with Gasteiger partial charge in [0.25, 0.3) is 0 Å². The van der Waals surface area contributed by atoms with E-state index in [9.17, 15) is 27.6 Å². The Kier molecular flexibility index (Phi) is 7.58. The predicted octanol–water partition coefficient (Wildman–Crippen LogP) is 4.63. The average molecular weight is 514 g/mol. The zero-order valence-electron chi connectivity index (χ0n) is 19.2. The predicted molar refractivity (Wildman–Crippen MR) is 123 cm³/mol. The largest absolute Gasteiger partial charge is 0.458 e. The molecule has 10 heteroatoms. The molecule has 4 rings (SSSR count). The van der Waals surface area contributed by atoms with Crippen molar-refractivity contribution in [2.75, 3.05) is 13.2 Å². The Morgan fingerprint density at radius 2 is 1.16 bits per heavy atom. The number of carbonyl (C=O) groups excluding carboxylic acids is 3. The van der Waals surface area contributed by atoms with Gasteiger partial charge in [0, 0.05) is 0 Å². The molecule has 1 aliphatic heterocycles. The number of hydrogen-bond donors (Lipinski definition) is 0. The van der Waals surface area contributed by atoms with Crippen LogP contribution in [-0.2, 0) is 18.9 Å². The highest BCUT2D eigenvalue weighted by Crippen LogP contribution is 2.44. The summed E-state index contributed by atoms with van der Waals surface area (Å²) in [5, 5.41) is 0. The van der Waals surface area contributed by atoms with Gasteiger partial charge in [0.15, 0.2) is 12.2 Å². The monoisotopic (exact) mass is 514 g/mol. The molecule has 37 heavy (non-hydrogen) atoms. The van der Waals surface area contributed by atoms with E-state index in [1.807, 2.05) is 0 Å². The van der Waals surface area contributed by atoms with Crippen LogP contribution in [0.15, 0.2) is 91.0 Å². The van der Waals surface area contributed by atoms with Crippen LogP contribution in [-0.4, -0.2) is 55.1 Å². The van der Waals surface area contributed by atoms with E-state index in [2.05, 4.69) is 0 Å². The van der Waals surface area contributed by atoms with Crippen molar-refractivity contribution in [2.24, 2.45) is 0 Å². The lowest BCUT2D eigenvalue weighted by Gasteiger charge is -2.35. The van der Waals surface area contributed by atoms with Crippen molar-refractivity contribution in [3.05, 3.63) is 108 Å². The van der Waals surface area contributed by atoms with Gasteiger partial charge in [-0.3, -0.25) is 0 Å². The van der Waals surface area contributed by atoms with Crippen molar-refractivity contribution in [2.45, 2.75) is 24.0 Å². The highest BCUT2D eigenvalue weighted by molar-refractivity contribution is 5.91. The van der Waals surface area contributed by atoms with E-state index >= 15 is 0 Å². The third kappa shape index (κ3) is 5.64. The van der Waals surface area contributed by atoms with Crippen LogP contribution in [0, 0.1) is 0 Å². The molecule has 0 radical (unpaired) electrons. The van der Waals surface area contributed by atoms with Gasteiger partial charge in [0.05, 0.1) is 23.3 Å². The summed E-state index contributed by atoms with van der Waals surface area (Å²) in [6.07, 6.45) is -8.99. The molecular formula is C27H21F3O7. The number of esters is 3. The molecule has 0 N–H and O–H groups in total. The Hall–Kier alpha value is -4.18. The highest BCUT2D eigenvalue weighted by atomic mass is 19.4. The van der Waals surface area contributed by atoms with Crippen LogP contribution in [0.2, 0.25) is 0 Å². The van der Waals surface area contributed by atoms with Crippen molar-refractivity contribution < 1.29 is 46.5 Å². The van der Waals surface area contributed by atoms with E-state index in [0.717, 1.165) is 0 Å². The number of carbonyl (C=O) groups is 3. The van der Waals surface area contributed by atoms with E-state index in [-0.39, 0.29) is 16.7 Å². The first kappa shape index (κ1) is 25.9. The van der Waals surface area contributed by atoms with Crippen LogP contribution in [0.1, 0.15) is 31.1 Å². The van der Waals surface area contributed by atoms with E-state index in [4.69, 9.17) is 18.9 Å². The van der Waals surface area contributed by atoms with Crippen LogP contribution in [0.5, 0.6) is 0 Å². The Labute approximate surface area is 209 Å². The van der Waals surface area contributed by atoms with Crippen molar-refractivity contribution >= 4 is 17.9 Å². The summed E-state index contributed by atoms with van der Waals surface area (Å²) in [6.45, 7) is -2.09. The maximum absolute atomic E-state index is 14.6. The Balaban J connectivity index is 1.64. The maximum Gasteiger partial charge on any atom is 0.424 e. The van der Waals surface area contributed by atoms with Gasteiger partial charge in [-0.1, -0.05) is 54.6 Å². The number of halogens is 3. The molecule has 0 aromatic heterocycles. The smallest absolute Gasteiger partial charge is 0.424 e. The summed E-state index contributed by atoms with van der Waals surface area (Å²) in [5.74, 6) is -3.07. The first-order valence-corrected chi connectivity index (χ1v) is 11.2. The van der Waals surface area contributed by atoms with Crippen LogP contribution < -0.4 is 0 Å². The fourth-order valence-corrected chi connectivity index (χ4v) is 3.78. The molecule has 1 heterocycles. The van der Waals surface area contributed by atoms with Crippen molar-refractivity contribution in [3.63, 3.8) is 0 Å². The molecule has 3 atom stereocenters.